The average Bonchev–Trinajstić information content (AvgIpc) is 2.87. The van der Waals surface area contributed by atoms with E-state index in [4.69, 9.17) is 4.74 Å². The summed E-state index contributed by atoms with van der Waals surface area (Å²) in [5.74, 6) is -1.83. The van der Waals surface area contributed by atoms with Gasteiger partial charge in [0.15, 0.2) is 0 Å². The van der Waals surface area contributed by atoms with Crippen molar-refractivity contribution in [3.63, 3.8) is 0 Å². The van der Waals surface area contributed by atoms with Gasteiger partial charge in [-0.2, -0.15) is 13.2 Å². The minimum Gasteiger partial charge on any atom is -0.481 e. The number of hydrogen-bond donors (Lipinski definition) is 1. The molecular formula is C27H26F3NO4. The number of carbonyl (C=O) groups is 2. The topological polar surface area (TPSA) is 66.8 Å². The van der Waals surface area contributed by atoms with E-state index >= 15 is 0 Å². The number of alkyl halides is 3. The van der Waals surface area contributed by atoms with Gasteiger partial charge in [0.1, 0.15) is 12.2 Å². The summed E-state index contributed by atoms with van der Waals surface area (Å²) < 4.78 is 47.3. The number of carbonyl (C=O) groups excluding carboxylic acids is 1. The fourth-order valence-electron chi connectivity index (χ4n) is 4.43. The monoisotopic (exact) mass is 485 g/mol. The van der Waals surface area contributed by atoms with Crippen LogP contribution < -0.4 is 4.90 Å². The molecule has 4 rings (SSSR count). The van der Waals surface area contributed by atoms with Crippen LogP contribution >= 0.6 is 0 Å². The van der Waals surface area contributed by atoms with Crippen LogP contribution in [0, 0.1) is 5.41 Å². The van der Waals surface area contributed by atoms with Crippen LogP contribution in [0.2, 0.25) is 0 Å². The molecule has 3 aromatic carbocycles. The molecule has 0 bridgehead atoms. The summed E-state index contributed by atoms with van der Waals surface area (Å²) in [7, 11) is 0. The Balaban J connectivity index is 2.00. The summed E-state index contributed by atoms with van der Waals surface area (Å²) in [6.45, 7) is 5.85. The highest BCUT2D eigenvalue weighted by molar-refractivity contribution is 6.00. The summed E-state index contributed by atoms with van der Waals surface area (Å²) >= 11 is 0. The van der Waals surface area contributed by atoms with Crippen molar-refractivity contribution < 1.29 is 32.6 Å². The van der Waals surface area contributed by atoms with Crippen LogP contribution in [0.25, 0.3) is 10.8 Å². The predicted molar refractivity (Wildman–Crippen MR) is 126 cm³/mol. The number of hydrogen-bond acceptors (Lipinski definition) is 3. The van der Waals surface area contributed by atoms with Crippen molar-refractivity contribution in [2.75, 3.05) is 11.4 Å². The molecule has 1 heterocycles. The number of nitrogens with zero attached hydrogens (tertiary/aromatic N) is 1. The maximum absolute atomic E-state index is 13.7. The molecule has 0 spiro atoms. The van der Waals surface area contributed by atoms with Crippen LogP contribution in [-0.2, 0) is 20.5 Å². The van der Waals surface area contributed by atoms with Crippen molar-refractivity contribution in [3.05, 3.63) is 77.4 Å². The number of anilines is 1. The zero-order valence-electron chi connectivity index (χ0n) is 19.6. The summed E-state index contributed by atoms with van der Waals surface area (Å²) in [6, 6.07) is 16.0. The van der Waals surface area contributed by atoms with Gasteiger partial charge in [0.2, 0.25) is 0 Å². The lowest BCUT2D eigenvalue weighted by molar-refractivity contribution is -0.147. The number of aliphatic carboxylic acids is 1. The third-order valence-corrected chi connectivity index (χ3v) is 5.87. The Bertz CT molecular complexity index is 1270. The van der Waals surface area contributed by atoms with Gasteiger partial charge in [-0.3, -0.25) is 9.59 Å². The lowest BCUT2D eigenvalue weighted by Gasteiger charge is -2.31. The molecule has 0 aromatic heterocycles. The van der Waals surface area contributed by atoms with Gasteiger partial charge in [-0.25, -0.2) is 0 Å². The van der Waals surface area contributed by atoms with E-state index in [9.17, 15) is 27.9 Å². The normalized spacial score (nSPS) is 18.9. The number of carboxylic acid groups (broad SMARTS) is 1. The van der Waals surface area contributed by atoms with Crippen molar-refractivity contribution >= 4 is 28.3 Å². The fraction of sp³-hybridized carbons (Fsp3) is 0.333. The van der Waals surface area contributed by atoms with Crippen LogP contribution in [0.3, 0.4) is 0 Å². The van der Waals surface area contributed by atoms with Gasteiger partial charge >= 0.3 is 12.1 Å². The molecule has 0 saturated heterocycles. The zero-order chi connectivity index (χ0) is 25.5. The third-order valence-electron chi connectivity index (χ3n) is 5.87. The number of fused-ring (bicyclic) bond motifs is 2. The highest BCUT2D eigenvalue weighted by atomic mass is 19.4. The van der Waals surface area contributed by atoms with Gasteiger partial charge in [0, 0.05) is 17.8 Å². The maximum atomic E-state index is 13.7. The Morgan fingerprint density at radius 2 is 1.69 bits per heavy atom. The molecule has 1 N–H and O–H groups in total. The Morgan fingerprint density at radius 3 is 2.34 bits per heavy atom. The molecular weight excluding hydrogens is 459 g/mol. The number of rotatable bonds is 4. The smallest absolute Gasteiger partial charge is 0.416 e. The summed E-state index contributed by atoms with van der Waals surface area (Å²) in [4.78, 5) is 26.6. The number of benzene rings is 3. The Labute approximate surface area is 201 Å². The second-order valence-electron chi connectivity index (χ2n) is 9.93. The molecule has 0 radical (unpaired) electrons. The summed E-state index contributed by atoms with van der Waals surface area (Å²) in [6.07, 6.45) is -7.68. The van der Waals surface area contributed by atoms with E-state index in [1.165, 1.54) is 11.0 Å². The largest absolute Gasteiger partial charge is 0.481 e. The van der Waals surface area contributed by atoms with Gasteiger partial charge < -0.3 is 14.7 Å². The van der Waals surface area contributed by atoms with Gasteiger partial charge in [0.25, 0.3) is 5.91 Å². The van der Waals surface area contributed by atoms with Gasteiger partial charge in [-0.05, 0) is 39.9 Å². The second kappa shape index (κ2) is 9.00. The molecule has 35 heavy (non-hydrogen) atoms. The van der Waals surface area contributed by atoms with Gasteiger partial charge in [-0.15, -0.1) is 0 Å². The summed E-state index contributed by atoms with van der Waals surface area (Å²) in [5.41, 5.74) is -0.275. The lowest BCUT2D eigenvalue weighted by atomic mass is 9.92. The molecule has 2 atom stereocenters. The highest BCUT2D eigenvalue weighted by Gasteiger charge is 2.41. The van der Waals surface area contributed by atoms with E-state index in [2.05, 4.69) is 0 Å². The van der Waals surface area contributed by atoms with Crippen LogP contribution in [-0.4, -0.2) is 29.6 Å². The first-order valence-electron chi connectivity index (χ1n) is 11.2. The Hall–Kier alpha value is -3.39. The number of carboxylic acids is 1. The first kappa shape index (κ1) is 24.7. The van der Waals surface area contributed by atoms with Gasteiger partial charge in [0.05, 0.1) is 12.0 Å². The van der Waals surface area contributed by atoms with Crippen LogP contribution in [0.1, 0.15) is 50.0 Å². The third kappa shape index (κ3) is 5.17. The average molecular weight is 486 g/mol. The molecule has 184 valence electrons. The molecule has 1 aliphatic rings. The number of halogens is 3. The molecule has 0 unspecified atom stereocenters. The molecule has 0 aliphatic carbocycles. The first-order valence-corrected chi connectivity index (χ1v) is 11.2. The van der Waals surface area contributed by atoms with E-state index in [0.717, 1.165) is 22.9 Å². The maximum Gasteiger partial charge on any atom is 0.416 e. The van der Waals surface area contributed by atoms with Crippen LogP contribution in [0.4, 0.5) is 18.9 Å². The minimum atomic E-state index is -4.61. The van der Waals surface area contributed by atoms with E-state index in [1.807, 2.05) is 45.0 Å². The molecule has 8 heteroatoms. The van der Waals surface area contributed by atoms with Gasteiger partial charge in [-0.1, -0.05) is 63.2 Å². The van der Waals surface area contributed by atoms with Crippen molar-refractivity contribution in [2.24, 2.45) is 5.41 Å². The van der Waals surface area contributed by atoms with E-state index < -0.39 is 47.7 Å². The zero-order valence-corrected chi connectivity index (χ0v) is 19.6. The quantitative estimate of drug-likeness (QED) is 0.478. The lowest BCUT2D eigenvalue weighted by Crippen LogP contribution is -2.44. The van der Waals surface area contributed by atoms with Crippen molar-refractivity contribution in [3.8, 4) is 0 Å². The highest BCUT2D eigenvalue weighted by Crippen LogP contribution is 2.44. The van der Waals surface area contributed by atoms with E-state index in [0.29, 0.717) is 5.56 Å². The molecule has 0 saturated carbocycles. The van der Waals surface area contributed by atoms with Crippen LogP contribution in [0.15, 0.2) is 60.7 Å². The summed E-state index contributed by atoms with van der Waals surface area (Å²) in [5, 5.41) is 11.1. The SMILES string of the molecule is CC(C)(C)CN1C(=O)[C@H](CC(=O)O)O[C@@H](c2cccc3ccccc23)c2cc(C(F)(F)F)ccc21. The Kier molecular flexibility index (Phi) is 6.36. The molecule has 3 aromatic rings. The fourth-order valence-corrected chi connectivity index (χ4v) is 4.43. The first-order chi connectivity index (χ1) is 16.3. The number of amides is 1. The van der Waals surface area contributed by atoms with E-state index in [1.54, 1.807) is 18.2 Å². The van der Waals surface area contributed by atoms with Crippen LogP contribution in [0.5, 0.6) is 0 Å². The standard InChI is InChI=1S/C27H26F3NO4/c1-26(2,3)15-31-21-12-11-17(27(28,29)30)13-20(21)24(35-22(25(31)34)14-23(32)33)19-10-6-8-16-7-4-5-9-18(16)19/h4-13,22,24H,14-15H2,1-3H3,(H,32,33)/t22-,24-/m0/s1. The minimum absolute atomic E-state index is 0.168. The number of ether oxygens (including phenoxy) is 1. The molecule has 0 fully saturated rings. The second-order valence-corrected chi connectivity index (χ2v) is 9.93. The predicted octanol–water partition coefficient (Wildman–Crippen LogP) is 6.20. The molecule has 1 amide bonds. The van der Waals surface area contributed by atoms with Crippen molar-refractivity contribution in [1.29, 1.82) is 0 Å². The Morgan fingerprint density at radius 1 is 1.00 bits per heavy atom. The van der Waals surface area contributed by atoms with Crippen molar-refractivity contribution in [2.45, 2.75) is 45.6 Å². The molecule has 5 nitrogen and oxygen atoms in total. The van der Waals surface area contributed by atoms with E-state index in [-0.39, 0.29) is 17.8 Å². The molecule has 1 aliphatic heterocycles. The van der Waals surface area contributed by atoms with Crippen molar-refractivity contribution in [1.82, 2.24) is 0 Å².